The van der Waals surface area contributed by atoms with Crippen LogP contribution < -0.4 is 16.0 Å². The third-order valence-corrected chi connectivity index (χ3v) is 8.91. The predicted molar refractivity (Wildman–Crippen MR) is 177 cm³/mol. The normalized spacial score (nSPS) is 15.9. The summed E-state index contributed by atoms with van der Waals surface area (Å²) in [7, 11) is 1.67. The number of ether oxygens (including phenoxy) is 1. The molecule has 0 aliphatic carbocycles. The molecule has 5 amide bonds. The number of para-hydroxylation sites is 1. The number of esters is 1. The lowest BCUT2D eigenvalue weighted by atomic mass is 10.0. The number of anilines is 2. The van der Waals surface area contributed by atoms with Crippen LogP contribution in [0.1, 0.15) is 50.2 Å². The SMILES string of the molecule is CNc1ccccc1C(=O)OCN1C(=O)CCC(N2Cc3cc(CNC(=O)Nc4ccc(CCSC)c(Cl)c4)ccc3C2=O)C1=O. The Morgan fingerprint density at radius 1 is 1.07 bits per heavy atom. The Morgan fingerprint density at radius 2 is 1.87 bits per heavy atom. The highest BCUT2D eigenvalue weighted by Gasteiger charge is 2.43. The number of piperidine rings is 1. The van der Waals surface area contributed by atoms with Crippen molar-refractivity contribution >= 4 is 64.5 Å². The van der Waals surface area contributed by atoms with E-state index in [4.69, 9.17) is 16.3 Å². The molecule has 0 bridgehead atoms. The summed E-state index contributed by atoms with van der Waals surface area (Å²) in [6.07, 6.45) is 3.07. The number of carbonyl (C=O) groups is 5. The number of rotatable bonds is 11. The highest BCUT2D eigenvalue weighted by atomic mass is 35.5. The summed E-state index contributed by atoms with van der Waals surface area (Å²) < 4.78 is 5.33. The van der Waals surface area contributed by atoms with Gasteiger partial charge in [-0.15, -0.1) is 0 Å². The van der Waals surface area contributed by atoms with Crippen LogP contribution in [0.4, 0.5) is 16.2 Å². The Morgan fingerprint density at radius 3 is 2.63 bits per heavy atom. The van der Waals surface area contributed by atoms with Crippen LogP contribution in [0.3, 0.4) is 0 Å². The first-order chi connectivity index (χ1) is 22.2. The van der Waals surface area contributed by atoms with E-state index in [1.807, 2.05) is 24.5 Å². The molecule has 240 valence electrons. The van der Waals surface area contributed by atoms with Gasteiger partial charge in [-0.1, -0.05) is 41.9 Å². The number of halogens is 1. The molecule has 2 aliphatic heterocycles. The Balaban J connectivity index is 1.17. The molecule has 46 heavy (non-hydrogen) atoms. The molecule has 0 saturated carbocycles. The summed E-state index contributed by atoms with van der Waals surface area (Å²) >= 11 is 8.10. The second kappa shape index (κ2) is 14.7. The summed E-state index contributed by atoms with van der Waals surface area (Å²) in [5, 5.41) is 9.10. The first-order valence-electron chi connectivity index (χ1n) is 14.7. The molecule has 0 radical (unpaired) electrons. The summed E-state index contributed by atoms with van der Waals surface area (Å²) in [5.41, 5.74) is 4.36. The van der Waals surface area contributed by atoms with Gasteiger partial charge in [0.15, 0.2) is 6.73 Å². The van der Waals surface area contributed by atoms with Crippen LogP contribution in [0.2, 0.25) is 5.02 Å². The zero-order valence-electron chi connectivity index (χ0n) is 25.4. The third-order valence-electron chi connectivity index (χ3n) is 7.94. The predicted octanol–water partition coefficient (Wildman–Crippen LogP) is 4.90. The number of hydrogen-bond donors (Lipinski definition) is 3. The van der Waals surface area contributed by atoms with E-state index in [1.165, 1.54) is 4.90 Å². The Kier molecular flexibility index (Phi) is 10.5. The minimum atomic E-state index is -0.882. The van der Waals surface area contributed by atoms with Gasteiger partial charge in [-0.3, -0.25) is 14.4 Å². The average Bonchev–Trinajstić information content (AvgIpc) is 3.38. The number of thioether (sulfide) groups is 1. The number of carbonyl (C=O) groups excluding carboxylic acids is 5. The van der Waals surface area contributed by atoms with E-state index in [9.17, 15) is 24.0 Å². The van der Waals surface area contributed by atoms with Crippen LogP contribution in [0.25, 0.3) is 0 Å². The van der Waals surface area contributed by atoms with E-state index in [-0.39, 0.29) is 37.4 Å². The van der Waals surface area contributed by atoms with Crippen molar-refractivity contribution in [3.05, 3.63) is 93.5 Å². The molecule has 2 heterocycles. The fraction of sp³-hybridized carbons (Fsp3) is 0.303. The minimum Gasteiger partial charge on any atom is -0.440 e. The molecule has 5 rings (SSSR count). The second-order valence-corrected chi connectivity index (χ2v) is 12.2. The molecular formula is C33H34ClN5O6S. The van der Waals surface area contributed by atoms with Gasteiger partial charge in [-0.2, -0.15) is 11.8 Å². The molecule has 2 aliphatic rings. The van der Waals surface area contributed by atoms with E-state index in [2.05, 4.69) is 16.0 Å². The Bertz CT molecular complexity index is 1680. The van der Waals surface area contributed by atoms with E-state index in [0.29, 0.717) is 27.5 Å². The smallest absolute Gasteiger partial charge is 0.341 e. The lowest BCUT2D eigenvalue weighted by Gasteiger charge is -2.35. The van der Waals surface area contributed by atoms with Crippen molar-refractivity contribution < 1.29 is 28.7 Å². The number of urea groups is 1. The molecule has 13 heteroatoms. The molecule has 3 aromatic rings. The Labute approximate surface area is 276 Å². The molecule has 0 aromatic heterocycles. The van der Waals surface area contributed by atoms with E-state index in [1.54, 1.807) is 61.3 Å². The minimum absolute atomic E-state index is 0.0250. The van der Waals surface area contributed by atoms with Crippen LogP contribution in [-0.2, 0) is 33.8 Å². The lowest BCUT2D eigenvalue weighted by molar-refractivity contribution is -0.156. The van der Waals surface area contributed by atoms with Gasteiger partial charge in [0, 0.05) is 48.5 Å². The van der Waals surface area contributed by atoms with E-state index in [0.717, 1.165) is 28.2 Å². The maximum Gasteiger partial charge on any atom is 0.341 e. The van der Waals surface area contributed by atoms with Gasteiger partial charge in [0.25, 0.3) is 11.8 Å². The largest absolute Gasteiger partial charge is 0.440 e. The van der Waals surface area contributed by atoms with Gasteiger partial charge in [0.1, 0.15) is 6.04 Å². The molecule has 1 saturated heterocycles. The second-order valence-electron chi connectivity index (χ2n) is 10.9. The van der Waals surface area contributed by atoms with Crippen molar-refractivity contribution in [1.29, 1.82) is 0 Å². The van der Waals surface area contributed by atoms with Crippen molar-refractivity contribution in [1.82, 2.24) is 15.1 Å². The molecular weight excluding hydrogens is 630 g/mol. The number of nitrogens with one attached hydrogen (secondary N) is 3. The summed E-state index contributed by atoms with van der Waals surface area (Å²) in [6.45, 7) is -0.171. The number of amides is 5. The maximum absolute atomic E-state index is 13.4. The quantitative estimate of drug-likeness (QED) is 0.195. The fourth-order valence-electron chi connectivity index (χ4n) is 5.48. The number of likely N-dealkylation sites (tertiary alicyclic amines) is 1. The maximum atomic E-state index is 13.4. The van der Waals surface area contributed by atoms with Gasteiger partial charge in [-0.05, 0) is 71.9 Å². The highest BCUT2D eigenvalue weighted by Crippen LogP contribution is 2.30. The van der Waals surface area contributed by atoms with Crippen molar-refractivity contribution in [3.8, 4) is 0 Å². The molecule has 3 aromatic carbocycles. The van der Waals surface area contributed by atoms with E-state index < -0.39 is 36.6 Å². The standard InChI is InChI=1S/C33H34ClN5O6S/c1-35-27-6-4-3-5-25(27)32(43)45-19-39-29(40)12-11-28(31(39)42)38-18-22-15-20(7-10-24(22)30(38)41)17-36-33(44)37-23-9-8-21(13-14-46-2)26(34)16-23/h3-10,15-16,28,35H,11-14,17-19H2,1-2H3,(H2,36,37,44). The molecule has 3 N–H and O–H groups in total. The first kappa shape index (κ1) is 32.8. The number of nitrogens with zero attached hydrogens (tertiary/aromatic N) is 2. The summed E-state index contributed by atoms with van der Waals surface area (Å²) in [5.74, 6) is -1.12. The number of imide groups is 1. The topological polar surface area (TPSA) is 137 Å². The molecule has 1 fully saturated rings. The van der Waals surface area contributed by atoms with Crippen molar-refractivity contribution in [3.63, 3.8) is 0 Å². The number of hydrogen-bond acceptors (Lipinski definition) is 8. The van der Waals surface area contributed by atoms with Crippen LogP contribution in [0.15, 0.2) is 60.7 Å². The zero-order valence-corrected chi connectivity index (χ0v) is 27.0. The van der Waals surface area contributed by atoms with Gasteiger partial charge in [0.2, 0.25) is 5.91 Å². The van der Waals surface area contributed by atoms with Crippen LogP contribution in [0, 0.1) is 0 Å². The van der Waals surface area contributed by atoms with E-state index >= 15 is 0 Å². The third kappa shape index (κ3) is 7.29. The monoisotopic (exact) mass is 663 g/mol. The summed E-state index contributed by atoms with van der Waals surface area (Å²) in [6, 6.07) is 16.1. The van der Waals surface area contributed by atoms with Crippen LogP contribution >= 0.6 is 23.4 Å². The highest BCUT2D eigenvalue weighted by molar-refractivity contribution is 7.98. The van der Waals surface area contributed by atoms with Crippen molar-refractivity contribution in [2.24, 2.45) is 0 Å². The summed E-state index contributed by atoms with van der Waals surface area (Å²) in [4.78, 5) is 67.0. The fourth-order valence-corrected chi connectivity index (χ4v) is 6.18. The lowest BCUT2D eigenvalue weighted by Crippen LogP contribution is -2.55. The van der Waals surface area contributed by atoms with Gasteiger partial charge >= 0.3 is 12.0 Å². The van der Waals surface area contributed by atoms with Crippen molar-refractivity contribution in [2.75, 3.05) is 36.4 Å². The van der Waals surface area contributed by atoms with Crippen LogP contribution in [0.5, 0.6) is 0 Å². The number of fused-ring (bicyclic) bond motifs is 1. The number of benzene rings is 3. The number of aryl methyl sites for hydroxylation is 1. The molecule has 0 spiro atoms. The Hall–Kier alpha value is -4.55. The van der Waals surface area contributed by atoms with Crippen molar-refractivity contribution in [2.45, 2.75) is 38.4 Å². The van der Waals surface area contributed by atoms with Gasteiger partial charge in [-0.25, -0.2) is 14.5 Å². The van der Waals surface area contributed by atoms with Gasteiger partial charge < -0.3 is 25.6 Å². The van der Waals surface area contributed by atoms with Crippen LogP contribution in [-0.4, -0.2) is 71.4 Å². The average molecular weight is 664 g/mol. The molecule has 1 atom stereocenters. The first-order valence-corrected chi connectivity index (χ1v) is 16.5. The zero-order chi connectivity index (χ0) is 32.8. The van der Waals surface area contributed by atoms with Gasteiger partial charge in [0.05, 0.1) is 5.56 Å². The molecule has 11 nitrogen and oxygen atoms in total. The molecule has 1 unspecified atom stereocenters.